The largest absolute Gasteiger partial charge is 0.352 e. The van der Waals surface area contributed by atoms with E-state index in [4.69, 9.17) is 4.52 Å². The molecule has 1 fully saturated rings. The van der Waals surface area contributed by atoms with E-state index in [-0.39, 0.29) is 29.8 Å². The maximum absolute atomic E-state index is 12.2. The van der Waals surface area contributed by atoms with E-state index in [9.17, 15) is 4.79 Å². The average molecular weight is 394 g/mol. The summed E-state index contributed by atoms with van der Waals surface area (Å²) in [5, 5.41) is 10.4. The van der Waals surface area contributed by atoms with Gasteiger partial charge >= 0.3 is 0 Å². The number of rotatable bonds is 4. The minimum Gasteiger partial charge on any atom is -0.352 e. The molecule has 0 spiro atoms. The molecule has 0 saturated carbocycles. The van der Waals surface area contributed by atoms with Gasteiger partial charge in [-0.05, 0) is 36.7 Å². The Labute approximate surface area is 166 Å². The summed E-state index contributed by atoms with van der Waals surface area (Å²) in [6.45, 7) is 9.61. The Morgan fingerprint density at radius 2 is 2.04 bits per heavy atom. The zero-order valence-corrected chi connectivity index (χ0v) is 17.1. The van der Waals surface area contributed by atoms with Gasteiger partial charge in [0.15, 0.2) is 5.82 Å². The average Bonchev–Trinajstić information content (AvgIpc) is 3.09. The molecule has 1 unspecified atom stereocenters. The van der Waals surface area contributed by atoms with Crippen molar-refractivity contribution in [1.29, 1.82) is 0 Å². The second-order valence-electron chi connectivity index (χ2n) is 7.98. The SMILES string of the molecule is CN1CCNCC1c1noc(-c2ccc(C(=O)NCC(C)(C)C)cc2)n1.Cl. The number of carbonyl (C=O) groups excluding carboxylic acids is 1. The molecule has 1 aliphatic rings. The molecule has 1 aliphatic heterocycles. The first kappa shape index (κ1) is 21.3. The standard InChI is InChI=1S/C19H27N5O2.ClH/c1-19(2,3)12-21-17(25)13-5-7-14(8-6-13)18-22-16(23-26-18)15-11-20-9-10-24(15)4;/h5-8,15,20H,9-12H2,1-4H3,(H,21,25);1H. The highest BCUT2D eigenvalue weighted by atomic mass is 35.5. The van der Waals surface area contributed by atoms with E-state index in [0.717, 1.165) is 25.2 Å². The second-order valence-corrected chi connectivity index (χ2v) is 7.98. The summed E-state index contributed by atoms with van der Waals surface area (Å²) in [5.41, 5.74) is 1.48. The number of nitrogens with one attached hydrogen (secondary N) is 2. The topological polar surface area (TPSA) is 83.3 Å². The van der Waals surface area contributed by atoms with Crippen LogP contribution in [0.3, 0.4) is 0 Å². The van der Waals surface area contributed by atoms with Crippen LogP contribution >= 0.6 is 12.4 Å². The first-order valence-corrected chi connectivity index (χ1v) is 8.97. The number of aromatic nitrogens is 2. The minimum absolute atomic E-state index is 0. The van der Waals surface area contributed by atoms with E-state index >= 15 is 0 Å². The number of hydrogen-bond acceptors (Lipinski definition) is 6. The number of hydrogen-bond donors (Lipinski definition) is 2. The lowest BCUT2D eigenvalue weighted by Gasteiger charge is -2.30. The van der Waals surface area contributed by atoms with Crippen molar-refractivity contribution in [2.24, 2.45) is 5.41 Å². The quantitative estimate of drug-likeness (QED) is 0.830. The van der Waals surface area contributed by atoms with Gasteiger partial charge in [0.1, 0.15) is 0 Å². The Bertz CT molecular complexity index is 754. The first-order chi connectivity index (χ1) is 12.3. The molecule has 3 rings (SSSR count). The molecular formula is C19H28ClN5O2. The van der Waals surface area contributed by atoms with E-state index in [1.165, 1.54) is 0 Å². The van der Waals surface area contributed by atoms with Crippen LogP contribution in [0.2, 0.25) is 0 Å². The number of piperazine rings is 1. The molecule has 0 radical (unpaired) electrons. The fourth-order valence-electron chi connectivity index (χ4n) is 2.79. The Balaban J connectivity index is 0.00000261. The maximum atomic E-state index is 12.2. The van der Waals surface area contributed by atoms with Crippen molar-refractivity contribution in [2.75, 3.05) is 33.2 Å². The van der Waals surface area contributed by atoms with Gasteiger partial charge in [0, 0.05) is 37.3 Å². The molecule has 2 N–H and O–H groups in total. The molecule has 1 aromatic carbocycles. The van der Waals surface area contributed by atoms with Crippen LogP contribution in [0.5, 0.6) is 0 Å². The van der Waals surface area contributed by atoms with E-state index in [1.807, 2.05) is 12.1 Å². The molecule has 27 heavy (non-hydrogen) atoms. The molecule has 2 aromatic rings. The van der Waals surface area contributed by atoms with Crippen LogP contribution < -0.4 is 10.6 Å². The summed E-state index contributed by atoms with van der Waals surface area (Å²) in [7, 11) is 2.06. The van der Waals surface area contributed by atoms with Crippen LogP contribution in [-0.4, -0.2) is 54.2 Å². The van der Waals surface area contributed by atoms with Crippen molar-refractivity contribution in [2.45, 2.75) is 26.8 Å². The molecule has 0 aliphatic carbocycles. The van der Waals surface area contributed by atoms with Crippen molar-refractivity contribution < 1.29 is 9.32 Å². The predicted molar refractivity (Wildman–Crippen MR) is 107 cm³/mol. The predicted octanol–water partition coefficient (Wildman–Crippen LogP) is 2.51. The summed E-state index contributed by atoms with van der Waals surface area (Å²) in [4.78, 5) is 19.0. The highest BCUT2D eigenvalue weighted by Gasteiger charge is 2.25. The van der Waals surface area contributed by atoms with Gasteiger partial charge in [0.2, 0.25) is 0 Å². The normalized spacial score (nSPS) is 18.0. The van der Waals surface area contributed by atoms with E-state index in [1.54, 1.807) is 12.1 Å². The highest BCUT2D eigenvalue weighted by molar-refractivity contribution is 5.94. The van der Waals surface area contributed by atoms with Crippen molar-refractivity contribution >= 4 is 18.3 Å². The van der Waals surface area contributed by atoms with Gasteiger partial charge in [-0.3, -0.25) is 9.69 Å². The van der Waals surface area contributed by atoms with Gasteiger partial charge in [0.05, 0.1) is 6.04 Å². The van der Waals surface area contributed by atoms with Crippen molar-refractivity contribution in [3.05, 3.63) is 35.7 Å². The van der Waals surface area contributed by atoms with Gasteiger partial charge in [-0.25, -0.2) is 0 Å². The van der Waals surface area contributed by atoms with Crippen molar-refractivity contribution in [3.8, 4) is 11.5 Å². The van der Waals surface area contributed by atoms with Crippen LogP contribution in [0.4, 0.5) is 0 Å². The van der Waals surface area contributed by atoms with E-state index in [0.29, 0.717) is 23.8 Å². The molecule has 2 heterocycles. The molecule has 1 atom stereocenters. The first-order valence-electron chi connectivity index (χ1n) is 8.97. The number of halogens is 1. The van der Waals surface area contributed by atoms with E-state index in [2.05, 4.69) is 53.5 Å². The molecule has 1 amide bonds. The fraction of sp³-hybridized carbons (Fsp3) is 0.526. The van der Waals surface area contributed by atoms with Crippen LogP contribution in [0.15, 0.2) is 28.8 Å². The summed E-state index contributed by atoms with van der Waals surface area (Å²) in [5.74, 6) is 1.08. The summed E-state index contributed by atoms with van der Waals surface area (Å²) < 4.78 is 5.43. The van der Waals surface area contributed by atoms with Gasteiger partial charge in [-0.15, -0.1) is 12.4 Å². The van der Waals surface area contributed by atoms with Crippen LogP contribution in [0.25, 0.3) is 11.5 Å². The summed E-state index contributed by atoms with van der Waals surface area (Å²) in [6, 6.07) is 7.36. The van der Waals surface area contributed by atoms with Gasteiger partial charge in [-0.1, -0.05) is 25.9 Å². The molecule has 7 nitrogen and oxygen atoms in total. The molecule has 8 heteroatoms. The summed E-state index contributed by atoms with van der Waals surface area (Å²) >= 11 is 0. The molecular weight excluding hydrogens is 366 g/mol. The monoisotopic (exact) mass is 393 g/mol. The Hall–Kier alpha value is -1.96. The number of nitrogens with zero attached hydrogens (tertiary/aromatic N) is 3. The number of amides is 1. The van der Waals surface area contributed by atoms with Gasteiger partial charge in [0.25, 0.3) is 11.8 Å². The van der Waals surface area contributed by atoms with Crippen LogP contribution in [0, 0.1) is 5.41 Å². The number of benzene rings is 1. The Kier molecular flexibility index (Phi) is 6.97. The van der Waals surface area contributed by atoms with Crippen molar-refractivity contribution in [1.82, 2.24) is 25.7 Å². The Morgan fingerprint density at radius 3 is 2.67 bits per heavy atom. The maximum Gasteiger partial charge on any atom is 0.257 e. The lowest BCUT2D eigenvalue weighted by Crippen LogP contribution is -2.44. The third kappa shape index (κ3) is 5.51. The zero-order chi connectivity index (χ0) is 18.7. The molecule has 1 saturated heterocycles. The smallest absolute Gasteiger partial charge is 0.257 e. The zero-order valence-electron chi connectivity index (χ0n) is 16.3. The summed E-state index contributed by atoms with van der Waals surface area (Å²) in [6.07, 6.45) is 0. The molecule has 148 valence electrons. The van der Waals surface area contributed by atoms with Gasteiger partial charge < -0.3 is 15.2 Å². The highest BCUT2D eigenvalue weighted by Crippen LogP contribution is 2.23. The molecule has 0 bridgehead atoms. The van der Waals surface area contributed by atoms with Crippen LogP contribution in [-0.2, 0) is 0 Å². The number of carbonyl (C=O) groups is 1. The minimum atomic E-state index is -0.0763. The third-order valence-electron chi connectivity index (χ3n) is 4.42. The number of likely N-dealkylation sites (N-methyl/N-ethyl adjacent to an activating group) is 1. The lowest BCUT2D eigenvalue weighted by molar-refractivity contribution is 0.0939. The van der Waals surface area contributed by atoms with Crippen molar-refractivity contribution in [3.63, 3.8) is 0 Å². The van der Waals surface area contributed by atoms with Crippen LogP contribution in [0.1, 0.15) is 43.0 Å². The molecule has 1 aromatic heterocycles. The lowest BCUT2D eigenvalue weighted by atomic mass is 9.97. The fourth-order valence-corrected chi connectivity index (χ4v) is 2.79. The Morgan fingerprint density at radius 1 is 1.33 bits per heavy atom. The third-order valence-corrected chi connectivity index (χ3v) is 4.42. The van der Waals surface area contributed by atoms with Gasteiger partial charge in [-0.2, -0.15) is 4.98 Å². The second kappa shape index (κ2) is 8.82. The van der Waals surface area contributed by atoms with E-state index < -0.39 is 0 Å².